The molecule has 3 aromatic carbocycles. The Labute approximate surface area is 237 Å². The predicted octanol–water partition coefficient (Wildman–Crippen LogP) is 7.63. The van der Waals surface area contributed by atoms with Gasteiger partial charge in [0.2, 0.25) is 5.91 Å². The molecule has 2 atom stereocenters. The summed E-state index contributed by atoms with van der Waals surface area (Å²) < 4.78 is 14.9. The first-order valence-electron chi connectivity index (χ1n) is 14.5. The van der Waals surface area contributed by atoms with E-state index < -0.39 is 17.8 Å². The van der Waals surface area contributed by atoms with Gasteiger partial charge in [0.25, 0.3) is 5.91 Å². The lowest BCUT2D eigenvalue weighted by Gasteiger charge is -2.41. The van der Waals surface area contributed by atoms with E-state index in [1.807, 2.05) is 42.5 Å². The van der Waals surface area contributed by atoms with Crippen LogP contribution in [0.25, 0.3) is 0 Å². The molecule has 1 saturated carbocycles. The van der Waals surface area contributed by atoms with Gasteiger partial charge in [0.15, 0.2) is 0 Å². The summed E-state index contributed by atoms with van der Waals surface area (Å²) in [5.41, 5.74) is 4.40. The number of piperidine rings is 1. The highest BCUT2D eigenvalue weighted by atomic mass is 19.1. The minimum Gasteiger partial charge on any atom is -0.382 e. The fourth-order valence-electron chi connectivity index (χ4n) is 5.82. The number of nitrogens with zero attached hydrogens (tertiary/aromatic N) is 1. The molecule has 2 aliphatic rings. The molecular weight excluding hydrogens is 501 g/mol. The average molecular weight is 542 g/mol. The van der Waals surface area contributed by atoms with Gasteiger partial charge in [-0.1, -0.05) is 57.2 Å². The Balaban J connectivity index is 1.47. The van der Waals surface area contributed by atoms with E-state index in [0.717, 1.165) is 22.5 Å². The third kappa shape index (κ3) is 5.91. The van der Waals surface area contributed by atoms with Gasteiger partial charge in [-0.15, -0.1) is 0 Å². The van der Waals surface area contributed by atoms with E-state index in [1.165, 1.54) is 25.3 Å². The third-order valence-corrected chi connectivity index (χ3v) is 8.39. The highest BCUT2D eigenvalue weighted by Gasteiger charge is 2.40. The normalized spacial score (nSPS) is 19.6. The van der Waals surface area contributed by atoms with Crippen LogP contribution in [0.1, 0.15) is 86.0 Å². The molecule has 2 amide bonds. The fraction of sp³-hybridized carbons (Fsp3) is 0.412. The van der Waals surface area contributed by atoms with Gasteiger partial charge in [-0.05, 0) is 91.5 Å². The maximum atomic E-state index is 14.9. The van der Waals surface area contributed by atoms with Crippen LogP contribution in [0.3, 0.4) is 0 Å². The lowest BCUT2D eigenvalue weighted by atomic mass is 9.83. The average Bonchev–Trinajstić information content (AvgIpc) is 2.90. The van der Waals surface area contributed by atoms with Crippen LogP contribution in [0.5, 0.6) is 0 Å². The molecule has 0 aromatic heterocycles. The number of amides is 2. The Hall–Kier alpha value is -3.67. The van der Waals surface area contributed by atoms with Crippen molar-refractivity contribution < 1.29 is 14.0 Å². The lowest BCUT2D eigenvalue weighted by Crippen LogP contribution is -2.46. The lowest BCUT2D eigenvalue weighted by molar-refractivity contribution is -0.123. The number of rotatable bonds is 6. The molecule has 1 saturated heterocycles. The van der Waals surface area contributed by atoms with E-state index in [0.29, 0.717) is 31.0 Å². The molecule has 1 aliphatic carbocycles. The predicted molar refractivity (Wildman–Crippen MR) is 159 cm³/mol. The minimum absolute atomic E-state index is 0.0514. The molecule has 0 spiro atoms. The molecule has 5 rings (SSSR count). The van der Waals surface area contributed by atoms with Gasteiger partial charge >= 0.3 is 0 Å². The first-order valence-corrected chi connectivity index (χ1v) is 14.5. The Morgan fingerprint density at radius 1 is 0.900 bits per heavy atom. The van der Waals surface area contributed by atoms with Crippen molar-refractivity contribution in [1.29, 1.82) is 0 Å². The van der Waals surface area contributed by atoms with Gasteiger partial charge in [0, 0.05) is 24.0 Å². The second-order valence-electron chi connectivity index (χ2n) is 12.3. The number of anilines is 2. The number of hydrogen-bond donors (Lipinski definition) is 2. The molecule has 3 aromatic rings. The van der Waals surface area contributed by atoms with Gasteiger partial charge in [-0.2, -0.15) is 0 Å². The van der Waals surface area contributed by atoms with Crippen molar-refractivity contribution in [3.05, 3.63) is 94.8 Å². The molecule has 2 fully saturated rings. The zero-order valence-electron chi connectivity index (χ0n) is 24.0. The van der Waals surface area contributed by atoms with E-state index in [4.69, 9.17) is 0 Å². The van der Waals surface area contributed by atoms with Crippen LogP contribution in [0, 0.1) is 18.7 Å². The number of likely N-dealkylation sites (tertiary alicyclic amines) is 1. The Morgan fingerprint density at radius 3 is 2.27 bits per heavy atom. The van der Waals surface area contributed by atoms with Gasteiger partial charge < -0.3 is 15.5 Å². The quantitative estimate of drug-likeness (QED) is 0.337. The first-order chi connectivity index (χ1) is 19.1. The van der Waals surface area contributed by atoms with Crippen molar-refractivity contribution in [1.82, 2.24) is 4.90 Å². The fourth-order valence-corrected chi connectivity index (χ4v) is 5.82. The molecule has 0 unspecified atom stereocenters. The number of halogens is 1. The molecule has 1 heterocycles. The van der Waals surface area contributed by atoms with Gasteiger partial charge in [0.05, 0.1) is 17.5 Å². The monoisotopic (exact) mass is 541 g/mol. The number of hydrogen-bond acceptors (Lipinski definition) is 3. The highest BCUT2D eigenvalue weighted by Crippen LogP contribution is 2.39. The molecule has 1 aliphatic heterocycles. The van der Waals surface area contributed by atoms with Gasteiger partial charge in [0.1, 0.15) is 5.82 Å². The van der Waals surface area contributed by atoms with Crippen molar-refractivity contribution in [3.8, 4) is 0 Å². The van der Waals surface area contributed by atoms with Crippen LogP contribution in [0.2, 0.25) is 0 Å². The summed E-state index contributed by atoms with van der Waals surface area (Å²) in [6.45, 7) is 8.64. The van der Waals surface area contributed by atoms with Crippen molar-refractivity contribution in [2.24, 2.45) is 5.92 Å². The third-order valence-electron chi connectivity index (χ3n) is 8.39. The Morgan fingerprint density at radius 2 is 1.62 bits per heavy atom. The molecular formula is C34H40FN3O2. The summed E-state index contributed by atoms with van der Waals surface area (Å²) in [7, 11) is 0. The standard InChI is InChI=1S/C34H40FN3O2/c1-22-9-5-15-29(35)30(22)33(40)38-20-8-14-28(32(39)37-27-13-6-10-24(21-27)34(2,3)4)31(38)23-16-18-26(19-17-23)36-25-11-7-12-25/h5-6,9-10,13,15-19,21,25,28,31,36H,7-8,11-12,14,20H2,1-4H3,(H,37,39)/t28-,31-/m0/s1. The summed E-state index contributed by atoms with van der Waals surface area (Å²) >= 11 is 0. The van der Waals surface area contributed by atoms with E-state index in [1.54, 1.807) is 24.0 Å². The van der Waals surface area contributed by atoms with E-state index in [-0.39, 0.29) is 22.8 Å². The smallest absolute Gasteiger partial charge is 0.257 e. The summed E-state index contributed by atoms with van der Waals surface area (Å²) in [5.74, 6) is -1.51. The summed E-state index contributed by atoms with van der Waals surface area (Å²) in [5, 5.41) is 6.69. The summed E-state index contributed by atoms with van der Waals surface area (Å²) in [6, 6.07) is 20.7. The second kappa shape index (κ2) is 11.4. The topological polar surface area (TPSA) is 61.4 Å². The maximum Gasteiger partial charge on any atom is 0.257 e. The molecule has 5 nitrogen and oxygen atoms in total. The number of aryl methyl sites for hydroxylation is 1. The van der Waals surface area contributed by atoms with Gasteiger partial charge in [-0.3, -0.25) is 9.59 Å². The number of carbonyl (C=O) groups is 2. The van der Waals surface area contributed by atoms with Crippen molar-refractivity contribution in [3.63, 3.8) is 0 Å². The molecule has 210 valence electrons. The molecule has 2 N–H and O–H groups in total. The highest BCUT2D eigenvalue weighted by molar-refractivity contribution is 5.98. The second-order valence-corrected chi connectivity index (χ2v) is 12.3. The zero-order chi connectivity index (χ0) is 28.4. The van der Waals surface area contributed by atoms with Crippen LogP contribution in [0.15, 0.2) is 66.7 Å². The van der Waals surface area contributed by atoms with Crippen LogP contribution in [-0.4, -0.2) is 29.3 Å². The SMILES string of the molecule is Cc1cccc(F)c1C(=O)N1CCC[C@H](C(=O)Nc2cccc(C(C)(C)C)c2)[C@@H]1c1ccc(NC2CCC2)cc1. The summed E-state index contributed by atoms with van der Waals surface area (Å²) in [4.78, 5) is 29.5. The molecule has 40 heavy (non-hydrogen) atoms. The molecule has 6 heteroatoms. The summed E-state index contributed by atoms with van der Waals surface area (Å²) in [6.07, 6.45) is 4.90. The minimum atomic E-state index is -0.533. The number of carbonyl (C=O) groups excluding carboxylic acids is 2. The Bertz CT molecular complexity index is 1350. The van der Waals surface area contributed by atoms with E-state index in [9.17, 15) is 14.0 Å². The van der Waals surface area contributed by atoms with Crippen LogP contribution in [0.4, 0.5) is 15.8 Å². The Kier molecular flexibility index (Phi) is 7.97. The van der Waals surface area contributed by atoms with Crippen molar-refractivity contribution in [2.45, 2.75) is 77.3 Å². The van der Waals surface area contributed by atoms with Crippen molar-refractivity contribution >= 4 is 23.2 Å². The van der Waals surface area contributed by atoms with E-state index in [2.05, 4.69) is 37.5 Å². The molecule has 0 radical (unpaired) electrons. The van der Waals surface area contributed by atoms with Gasteiger partial charge in [-0.25, -0.2) is 4.39 Å². The first kappa shape index (κ1) is 27.9. The number of nitrogens with one attached hydrogen (secondary N) is 2. The van der Waals surface area contributed by atoms with Crippen LogP contribution >= 0.6 is 0 Å². The van der Waals surface area contributed by atoms with Crippen LogP contribution < -0.4 is 10.6 Å². The van der Waals surface area contributed by atoms with Crippen molar-refractivity contribution in [2.75, 3.05) is 17.2 Å². The molecule has 0 bridgehead atoms. The maximum absolute atomic E-state index is 14.9. The van der Waals surface area contributed by atoms with Crippen LogP contribution in [-0.2, 0) is 10.2 Å². The van der Waals surface area contributed by atoms with E-state index >= 15 is 0 Å². The zero-order valence-corrected chi connectivity index (χ0v) is 24.0. The number of benzene rings is 3. The largest absolute Gasteiger partial charge is 0.382 e.